The number of rotatable bonds is 0. The largest absolute Gasteiger partial charge is 0.187 e. The van der Waals surface area contributed by atoms with E-state index in [-0.39, 0.29) is 17.4 Å². The first-order chi connectivity index (χ1) is 2.00. The molecule has 0 aliphatic heterocycles. The zero-order valence-corrected chi connectivity index (χ0v) is 5.21. The minimum absolute atomic E-state index is 0. The van der Waals surface area contributed by atoms with Gasteiger partial charge in [-0.1, -0.05) is 26.2 Å². The summed E-state index contributed by atoms with van der Waals surface area (Å²) in [6.45, 7) is 10.6. The molecule has 0 bridgehead atoms. The van der Waals surface area contributed by atoms with Crippen LogP contribution in [0.5, 0.6) is 0 Å². The molecule has 37 valence electrons. The molecule has 0 fully saturated rings. The second-order valence-corrected chi connectivity index (χ2v) is 7.68. The fourth-order valence-corrected chi connectivity index (χ4v) is 0. The third-order valence-corrected chi connectivity index (χ3v) is 0. The standard InChI is InChI=1S/C4H11Si.Al.3H/c1-5(2,3)4;;;;/h1H2,2-4H3;;;;. The molecule has 0 nitrogen and oxygen atoms in total. The summed E-state index contributed by atoms with van der Waals surface area (Å²) in [5.41, 5.74) is 0. The van der Waals surface area contributed by atoms with Crippen molar-refractivity contribution < 1.29 is 0 Å². The average molecular weight is 117 g/mol. The lowest BCUT2D eigenvalue weighted by molar-refractivity contribution is 1.78. The van der Waals surface area contributed by atoms with Crippen LogP contribution in [0.25, 0.3) is 0 Å². The van der Waals surface area contributed by atoms with Crippen LogP contribution in [-0.4, -0.2) is 25.4 Å². The van der Waals surface area contributed by atoms with Crippen molar-refractivity contribution in [2.24, 2.45) is 0 Å². The molecule has 0 spiro atoms. The first-order valence-corrected chi connectivity index (χ1v) is 5.56. The van der Waals surface area contributed by atoms with E-state index in [1.54, 1.807) is 0 Å². The Morgan fingerprint density at radius 1 is 1.17 bits per heavy atom. The molecule has 0 unspecified atom stereocenters. The van der Waals surface area contributed by atoms with Crippen LogP contribution < -0.4 is 0 Å². The highest BCUT2D eigenvalue weighted by molar-refractivity contribution is 6.77. The van der Waals surface area contributed by atoms with Gasteiger partial charge in [-0.25, -0.2) is 0 Å². The first kappa shape index (κ1) is 9.89. The van der Waals surface area contributed by atoms with Crippen LogP contribution in [0.2, 0.25) is 19.6 Å². The lowest BCUT2D eigenvalue weighted by Gasteiger charge is -2.01. The van der Waals surface area contributed by atoms with Gasteiger partial charge in [-0.3, -0.25) is 0 Å². The molecule has 0 aliphatic rings. The van der Waals surface area contributed by atoms with E-state index in [4.69, 9.17) is 0 Å². The summed E-state index contributed by atoms with van der Waals surface area (Å²) in [5.74, 6) is 0. The Balaban J connectivity index is 0. The van der Waals surface area contributed by atoms with E-state index in [1.807, 2.05) is 0 Å². The van der Waals surface area contributed by atoms with Gasteiger partial charge in [0.25, 0.3) is 0 Å². The topological polar surface area (TPSA) is 0 Å². The van der Waals surface area contributed by atoms with Crippen molar-refractivity contribution in [1.29, 1.82) is 0 Å². The van der Waals surface area contributed by atoms with Crippen LogP contribution in [-0.2, 0) is 0 Å². The summed E-state index contributed by atoms with van der Waals surface area (Å²) in [7, 11) is -0.861. The molecule has 1 radical (unpaired) electrons. The van der Waals surface area contributed by atoms with Crippen molar-refractivity contribution in [3.8, 4) is 0 Å². The Morgan fingerprint density at radius 2 is 1.17 bits per heavy atom. The van der Waals surface area contributed by atoms with Crippen LogP contribution in [0, 0.1) is 6.55 Å². The van der Waals surface area contributed by atoms with Crippen molar-refractivity contribution in [1.82, 2.24) is 0 Å². The highest BCUT2D eigenvalue weighted by Gasteiger charge is 1.99. The highest BCUT2D eigenvalue weighted by atomic mass is 28.3. The lowest BCUT2D eigenvalue weighted by atomic mass is 11.8. The molecule has 6 heavy (non-hydrogen) atoms. The van der Waals surface area contributed by atoms with E-state index in [0.29, 0.717) is 0 Å². The predicted octanol–water partition coefficient (Wildman–Crippen LogP) is 0.514. The third kappa shape index (κ3) is 119. The molecule has 0 saturated carbocycles. The van der Waals surface area contributed by atoms with Crippen LogP contribution >= 0.6 is 0 Å². The lowest BCUT2D eigenvalue weighted by Crippen LogP contribution is -2.12. The molecule has 0 rings (SSSR count). The van der Waals surface area contributed by atoms with E-state index >= 15 is 0 Å². The van der Waals surface area contributed by atoms with Gasteiger partial charge in [0.1, 0.15) is 0 Å². The van der Waals surface area contributed by atoms with E-state index in [2.05, 4.69) is 26.2 Å². The van der Waals surface area contributed by atoms with Gasteiger partial charge in [0, 0.05) is 8.07 Å². The summed E-state index contributed by atoms with van der Waals surface area (Å²) >= 11 is 0. The third-order valence-electron chi connectivity index (χ3n) is 0. The smallest absolute Gasteiger partial charge is 0.0696 e. The molecule has 2 heteroatoms. The Bertz CT molecular complexity index is 23.0. The van der Waals surface area contributed by atoms with Gasteiger partial charge in [-0.15, -0.1) is 0 Å². The maximum Gasteiger partial charge on any atom is 0.187 e. The van der Waals surface area contributed by atoms with Gasteiger partial charge in [0.05, 0.1) is 0 Å². The zero-order valence-electron chi connectivity index (χ0n) is 4.21. The average Bonchev–Trinajstić information content (AvgIpc) is 0.722. The Kier molecular flexibility index (Phi) is 4.69. The minimum Gasteiger partial charge on any atom is -0.0696 e. The summed E-state index contributed by atoms with van der Waals surface area (Å²) in [6, 6.07) is 0. The maximum atomic E-state index is 3.91. The van der Waals surface area contributed by atoms with Crippen molar-refractivity contribution in [2.75, 3.05) is 0 Å². The van der Waals surface area contributed by atoms with Gasteiger partial charge in [-0.2, -0.15) is 0 Å². The molecule has 0 saturated heterocycles. The molecule has 0 atom stereocenters. The summed E-state index contributed by atoms with van der Waals surface area (Å²) in [4.78, 5) is 0. The number of hydrogen-bond acceptors (Lipinski definition) is 0. The molecule has 0 heterocycles. The van der Waals surface area contributed by atoms with E-state index in [9.17, 15) is 0 Å². The van der Waals surface area contributed by atoms with Crippen molar-refractivity contribution in [2.45, 2.75) is 19.6 Å². The summed E-state index contributed by atoms with van der Waals surface area (Å²) in [6.07, 6.45) is 0. The van der Waals surface area contributed by atoms with E-state index in [1.165, 1.54) is 0 Å². The molecular formula is C4H14AlSi. The fraction of sp³-hybridized carbons (Fsp3) is 0.750. The minimum atomic E-state index is -0.861. The fourth-order valence-electron chi connectivity index (χ4n) is 0. The normalized spacial score (nSPS) is 10.0. The van der Waals surface area contributed by atoms with Crippen molar-refractivity contribution in [3.05, 3.63) is 6.55 Å². The predicted molar refractivity (Wildman–Crippen MR) is 38.6 cm³/mol. The molecule has 0 aromatic rings. The number of hydrogen-bond donors (Lipinski definition) is 0. The Labute approximate surface area is 52.1 Å². The van der Waals surface area contributed by atoms with Crippen LogP contribution in [0.4, 0.5) is 0 Å². The molecule has 0 amide bonds. The maximum absolute atomic E-state index is 3.91. The van der Waals surface area contributed by atoms with Gasteiger partial charge in [0.15, 0.2) is 17.4 Å². The molecule has 0 aromatic heterocycles. The molecule has 0 aromatic carbocycles. The van der Waals surface area contributed by atoms with E-state index < -0.39 is 8.07 Å². The Morgan fingerprint density at radius 3 is 1.17 bits per heavy atom. The first-order valence-electron chi connectivity index (χ1n) is 1.85. The van der Waals surface area contributed by atoms with E-state index in [0.717, 1.165) is 0 Å². The van der Waals surface area contributed by atoms with Crippen molar-refractivity contribution >= 4 is 25.4 Å². The van der Waals surface area contributed by atoms with Crippen LogP contribution in [0.1, 0.15) is 0 Å². The van der Waals surface area contributed by atoms with Crippen LogP contribution in [0.15, 0.2) is 0 Å². The summed E-state index contributed by atoms with van der Waals surface area (Å²) < 4.78 is 0. The molecule has 0 N–H and O–H groups in total. The Hall–Kier alpha value is 0.749. The van der Waals surface area contributed by atoms with Crippen molar-refractivity contribution in [3.63, 3.8) is 0 Å². The zero-order chi connectivity index (χ0) is 4.50. The summed E-state index contributed by atoms with van der Waals surface area (Å²) in [5, 5.41) is 0. The van der Waals surface area contributed by atoms with Gasteiger partial charge in [-0.05, 0) is 0 Å². The second kappa shape index (κ2) is 2.85. The SMILES string of the molecule is [AlH3].[CH2][Si](C)(C)C. The second-order valence-electron chi connectivity index (χ2n) is 2.56. The molecule has 0 aliphatic carbocycles. The van der Waals surface area contributed by atoms with Gasteiger partial charge >= 0.3 is 0 Å². The monoisotopic (exact) mass is 117 g/mol. The quantitative estimate of drug-likeness (QED) is 0.406. The van der Waals surface area contributed by atoms with Crippen LogP contribution in [0.3, 0.4) is 0 Å². The van der Waals surface area contributed by atoms with Gasteiger partial charge in [0.2, 0.25) is 0 Å². The van der Waals surface area contributed by atoms with Gasteiger partial charge < -0.3 is 0 Å². The highest BCUT2D eigenvalue weighted by Crippen LogP contribution is 1.92. The molecular weight excluding hydrogens is 103 g/mol.